The summed E-state index contributed by atoms with van der Waals surface area (Å²) < 4.78 is 65.4. The fourth-order valence-electron chi connectivity index (χ4n) is 4.96. The molecule has 0 spiro atoms. The molecular formula is C39H44N8O6S4. The Morgan fingerprint density at radius 2 is 0.895 bits per heavy atom. The van der Waals surface area contributed by atoms with Crippen LogP contribution in [0.15, 0.2) is 153 Å². The van der Waals surface area contributed by atoms with E-state index in [9.17, 15) is 25.9 Å². The van der Waals surface area contributed by atoms with E-state index >= 15 is 0 Å². The lowest BCUT2D eigenvalue weighted by molar-refractivity contribution is -0.654. The predicted molar refractivity (Wildman–Crippen MR) is 223 cm³/mol. The van der Waals surface area contributed by atoms with Gasteiger partial charge in [0.1, 0.15) is 23.8 Å². The smallest absolute Gasteiger partial charge is 0.408 e. The zero-order valence-corrected chi connectivity index (χ0v) is 35.2. The van der Waals surface area contributed by atoms with Gasteiger partial charge in [-0.1, -0.05) is 60.7 Å². The van der Waals surface area contributed by atoms with E-state index in [1.165, 1.54) is 11.4 Å². The highest BCUT2D eigenvalue weighted by molar-refractivity contribution is 7.85. The van der Waals surface area contributed by atoms with Crippen molar-refractivity contribution in [3.05, 3.63) is 143 Å². The molecule has 0 aliphatic carbocycles. The Hall–Kier alpha value is -5.24. The number of aromatic nitrogens is 2. The monoisotopic (exact) mass is 848 g/mol. The van der Waals surface area contributed by atoms with Crippen molar-refractivity contribution >= 4 is 75.9 Å². The van der Waals surface area contributed by atoms with Gasteiger partial charge in [-0.25, -0.2) is 26.0 Å². The topological polar surface area (TPSA) is 178 Å². The first-order chi connectivity index (χ1) is 27.1. The summed E-state index contributed by atoms with van der Waals surface area (Å²) in [6.07, 6.45) is 4.99. The lowest BCUT2D eigenvalue weighted by Crippen LogP contribution is -2.25. The van der Waals surface area contributed by atoms with Gasteiger partial charge in [-0.2, -0.15) is 0 Å². The number of azo groups is 2. The van der Waals surface area contributed by atoms with Gasteiger partial charge in [0.2, 0.25) is 0 Å². The molecule has 0 saturated carbocycles. The van der Waals surface area contributed by atoms with Crippen molar-refractivity contribution in [1.82, 2.24) is 0 Å². The van der Waals surface area contributed by atoms with Gasteiger partial charge in [0.05, 0.1) is 56.1 Å². The number of hydrogen-bond donors (Lipinski definition) is 0. The lowest BCUT2D eigenvalue weighted by Gasteiger charge is -2.23. The number of benzene rings is 4. The van der Waals surface area contributed by atoms with Crippen LogP contribution in [0.25, 0.3) is 0 Å². The van der Waals surface area contributed by atoms with Gasteiger partial charge >= 0.3 is 10.3 Å². The van der Waals surface area contributed by atoms with E-state index in [1.807, 2.05) is 70.6 Å². The Labute approximate surface area is 342 Å². The Kier molecular flexibility index (Phi) is 17.1. The summed E-state index contributed by atoms with van der Waals surface area (Å²) in [6, 6.07) is 33.1. The van der Waals surface area contributed by atoms with Gasteiger partial charge in [0.15, 0.2) is 0 Å². The van der Waals surface area contributed by atoms with E-state index in [4.69, 9.17) is 0 Å². The molecule has 4 aromatic carbocycles. The molecule has 0 aliphatic rings. The zero-order chi connectivity index (χ0) is 41.3. The fourth-order valence-corrected chi connectivity index (χ4v) is 7.52. The Morgan fingerprint density at radius 3 is 1.19 bits per heavy atom. The molecule has 6 rings (SSSR count). The summed E-state index contributed by atoms with van der Waals surface area (Å²) in [7, 11) is -0.0787. The molecule has 2 heterocycles. The number of thiazole rings is 2. The van der Waals surface area contributed by atoms with Crippen molar-refractivity contribution in [1.29, 1.82) is 0 Å². The third-order valence-electron chi connectivity index (χ3n) is 7.96. The van der Waals surface area contributed by atoms with Crippen molar-refractivity contribution in [2.75, 3.05) is 37.0 Å². The molecule has 0 aliphatic heterocycles. The first-order valence-electron chi connectivity index (χ1n) is 17.4. The van der Waals surface area contributed by atoms with Gasteiger partial charge in [-0.3, -0.25) is 0 Å². The molecule has 0 atom stereocenters. The van der Waals surface area contributed by atoms with E-state index in [0.717, 1.165) is 41.1 Å². The largest absolute Gasteiger partial charge is 0.748 e. The Morgan fingerprint density at radius 1 is 0.544 bits per heavy atom. The summed E-state index contributed by atoms with van der Waals surface area (Å²) in [5.41, 5.74) is 5.10. The van der Waals surface area contributed by atoms with E-state index < -0.39 is 31.7 Å². The van der Waals surface area contributed by atoms with Crippen molar-refractivity contribution in [3.63, 3.8) is 0 Å². The van der Waals surface area contributed by atoms with Crippen LogP contribution < -0.4 is 18.9 Å². The molecule has 0 N–H and O–H groups in total. The fraction of sp³-hybridized carbons (Fsp3) is 0.231. The molecule has 0 bridgehead atoms. The molecule has 6 aromatic rings. The average molecular weight is 849 g/mol. The van der Waals surface area contributed by atoms with E-state index in [0.29, 0.717) is 11.1 Å². The van der Waals surface area contributed by atoms with Crippen LogP contribution in [0.2, 0.25) is 0 Å². The molecule has 0 unspecified atom stereocenters. The molecule has 2 aromatic heterocycles. The Balaban J connectivity index is 0.000000265. The van der Waals surface area contributed by atoms with Crippen LogP contribution in [0.4, 0.5) is 33.0 Å². The van der Waals surface area contributed by atoms with Crippen LogP contribution in [-0.2, 0) is 45.8 Å². The number of aryl methyl sites for hydroxylation is 2. The first kappa shape index (κ1) is 44.5. The molecular weight excluding hydrogens is 805 g/mol. The number of hydrogen-bond acceptors (Lipinski definition) is 14. The molecule has 14 nitrogen and oxygen atoms in total. The van der Waals surface area contributed by atoms with Crippen molar-refractivity contribution in [2.24, 2.45) is 34.6 Å². The lowest BCUT2D eigenvalue weighted by atomic mass is 10.2. The summed E-state index contributed by atoms with van der Waals surface area (Å²) in [6.45, 7) is 1.92. The second-order valence-corrected chi connectivity index (χ2v) is 17.2. The van der Waals surface area contributed by atoms with E-state index in [2.05, 4.69) is 68.6 Å². The van der Waals surface area contributed by atoms with Crippen molar-refractivity contribution in [2.45, 2.75) is 17.9 Å². The maximum Gasteiger partial charge on any atom is 0.408 e. The summed E-state index contributed by atoms with van der Waals surface area (Å²) in [5.74, 6) is -0.846. The van der Waals surface area contributed by atoms with Gasteiger partial charge < -0.3 is 18.9 Å². The maximum absolute atomic E-state index is 10.2. The molecule has 57 heavy (non-hydrogen) atoms. The van der Waals surface area contributed by atoms with Gasteiger partial charge in [-0.05, 0) is 99.0 Å². The highest BCUT2D eigenvalue weighted by Gasteiger charge is 2.10. The minimum Gasteiger partial charge on any atom is -0.748 e. The average Bonchev–Trinajstić information content (AvgIpc) is 3.79. The number of nitrogens with zero attached hydrogens (tertiary/aromatic N) is 8. The van der Waals surface area contributed by atoms with Gasteiger partial charge in [0.25, 0.3) is 0 Å². The number of rotatable bonds is 14. The van der Waals surface area contributed by atoms with Crippen LogP contribution in [0, 0.1) is 0 Å². The van der Waals surface area contributed by atoms with Crippen molar-refractivity contribution in [3.8, 4) is 0 Å². The van der Waals surface area contributed by atoms with Crippen LogP contribution in [0.3, 0.4) is 0 Å². The van der Waals surface area contributed by atoms with Crippen LogP contribution in [0.1, 0.15) is 17.5 Å². The van der Waals surface area contributed by atoms with E-state index in [-0.39, 0.29) is 0 Å². The maximum atomic E-state index is 10.2. The third kappa shape index (κ3) is 16.8. The minimum atomic E-state index is -4.13. The van der Waals surface area contributed by atoms with Gasteiger partial charge in [0, 0.05) is 49.3 Å². The standard InChI is InChI=1S/C25H30N8S2.2C7H8O3S/c1-30(22-10-6-20(7-11-22)26-28-24-32(3)16-18-34-24)14-5-15-31(2)23-12-8-21(9-13-23)27-29-25-33(4)17-19-35-25;2*8-11(9,10)6-7-4-2-1-3-5-7/h6-13,16-19H,5,14-15H2,1-4H3;2*1-5H,6H2,(H,8,9,10)/q+2;;/p-2. The zero-order valence-electron chi connectivity index (χ0n) is 31.9. The summed E-state index contributed by atoms with van der Waals surface area (Å²) in [5, 5.41) is 23.1. The summed E-state index contributed by atoms with van der Waals surface area (Å²) in [4.78, 5) is 4.53. The van der Waals surface area contributed by atoms with Crippen molar-refractivity contribution < 1.29 is 35.1 Å². The first-order valence-corrected chi connectivity index (χ1v) is 22.3. The minimum absolute atomic E-state index is 0.423. The predicted octanol–water partition coefficient (Wildman–Crippen LogP) is 7.72. The Bertz CT molecular complexity index is 2220. The van der Waals surface area contributed by atoms with Crippen LogP contribution >= 0.6 is 22.7 Å². The molecule has 0 saturated heterocycles. The molecule has 0 fully saturated rings. The number of anilines is 2. The van der Waals surface area contributed by atoms with Crippen LogP contribution in [0.5, 0.6) is 0 Å². The molecule has 300 valence electrons. The quantitative estimate of drug-likeness (QED) is 0.0608. The third-order valence-corrected chi connectivity index (χ3v) is 11.0. The highest BCUT2D eigenvalue weighted by atomic mass is 32.2. The van der Waals surface area contributed by atoms with E-state index in [1.54, 1.807) is 83.3 Å². The normalized spacial score (nSPS) is 11.5. The highest BCUT2D eigenvalue weighted by Crippen LogP contribution is 2.24. The molecule has 0 amide bonds. The SMILES string of the molecule is CN(CCCN(C)c1ccc(N=Nc2scc[n+]2C)cc1)c1ccc(N=Nc2scc[n+]2C)cc1.O=S(=O)([O-])Cc1ccccc1.O=S(=O)([O-])Cc1ccccc1. The second-order valence-electron chi connectivity index (χ2n) is 12.6. The molecule has 18 heteroatoms. The molecule has 0 radical (unpaired) electrons. The van der Waals surface area contributed by atoms with Gasteiger partial charge in [-0.15, -0.1) is 0 Å². The van der Waals surface area contributed by atoms with Crippen LogP contribution in [-0.4, -0.2) is 53.1 Å². The second kappa shape index (κ2) is 21.9. The summed E-state index contributed by atoms with van der Waals surface area (Å²) >= 11 is 3.14.